The van der Waals surface area contributed by atoms with Crippen LogP contribution in [-0.2, 0) is 10.1 Å². The molecule has 106 valence electrons. The van der Waals surface area contributed by atoms with E-state index in [1.54, 1.807) is 13.8 Å². The normalized spacial score (nSPS) is 11.4. The SMILES string of the molecule is Cc1cc(C)c(OS(=O)(=O)c2cccc(F)c2)c(C)c1. The summed E-state index contributed by atoms with van der Waals surface area (Å²) in [5, 5.41) is 0. The van der Waals surface area contributed by atoms with Crippen molar-refractivity contribution in [3.8, 4) is 5.75 Å². The molecule has 2 aromatic carbocycles. The van der Waals surface area contributed by atoms with Crippen LogP contribution >= 0.6 is 0 Å². The van der Waals surface area contributed by atoms with E-state index in [9.17, 15) is 12.8 Å². The van der Waals surface area contributed by atoms with Crippen molar-refractivity contribution in [2.45, 2.75) is 25.7 Å². The Labute approximate surface area is 118 Å². The highest BCUT2D eigenvalue weighted by atomic mass is 32.2. The van der Waals surface area contributed by atoms with E-state index in [4.69, 9.17) is 4.18 Å². The number of halogens is 1. The summed E-state index contributed by atoms with van der Waals surface area (Å²) >= 11 is 0. The minimum Gasteiger partial charge on any atom is -0.378 e. The van der Waals surface area contributed by atoms with Gasteiger partial charge in [-0.15, -0.1) is 0 Å². The molecule has 5 heteroatoms. The molecule has 0 spiro atoms. The maximum Gasteiger partial charge on any atom is 0.339 e. The molecular weight excluding hydrogens is 279 g/mol. The standard InChI is InChI=1S/C15H15FO3S/c1-10-7-11(2)15(12(3)8-10)19-20(17,18)14-6-4-5-13(16)9-14/h4-9H,1-3H3. The van der Waals surface area contributed by atoms with Crippen LogP contribution in [0, 0.1) is 26.6 Å². The molecule has 0 fully saturated rings. The zero-order valence-electron chi connectivity index (χ0n) is 11.5. The molecule has 0 aliphatic heterocycles. The summed E-state index contributed by atoms with van der Waals surface area (Å²) in [5.74, 6) is -0.327. The molecule has 0 saturated carbocycles. The van der Waals surface area contributed by atoms with E-state index in [0.717, 1.165) is 22.8 Å². The first-order valence-electron chi connectivity index (χ1n) is 6.07. The van der Waals surface area contributed by atoms with E-state index in [1.807, 2.05) is 19.1 Å². The molecule has 0 radical (unpaired) electrons. The van der Waals surface area contributed by atoms with Crippen molar-refractivity contribution in [2.75, 3.05) is 0 Å². The maximum atomic E-state index is 13.1. The van der Waals surface area contributed by atoms with Gasteiger partial charge in [0.05, 0.1) is 0 Å². The zero-order valence-corrected chi connectivity index (χ0v) is 12.3. The van der Waals surface area contributed by atoms with Gasteiger partial charge in [-0.05, 0) is 50.1 Å². The summed E-state index contributed by atoms with van der Waals surface area (Å²) in [5.41, 5.74) is 2.47. The predicted molar refractivity (Wildman–Crippen MR) is 74.9 cm³/mol. The predicted octanol–water partition coefficient (Wildman–Crippen LogP) is 3.52. The minimum absolute atomic E-state index is 0.197. The summed E-state index contributed by atoms with van der Waals surface area (Å²) in [4.78, 5) is -0.197. The molecule has 3 nitrogen and oxygen atoms in total. The van der Waals surface area contributed by atoms with Crippen LogP contribution in [0.1, 0.15) is 16.7 Å². The second kappa shape index (κ2) is 5.25. The van der Waals surface area contributed by atoms with Crippen LogP contribution < -0.4 is 4.18 Å². The summed E-state index contributed by atoms with van der Waals surface area (Å²) in [6, 6.07) is 8.43. The van der Waals surface area contributed by atoms with Gasteiger partial charge in [-0.25, -0.2) is 4.39 Å². The Kier molecular flexibility index (Phi) is 3.81. The molecule has 0 aliphatic carbocycles. The van der Waals surface area contributed by atoms with Crippen molar-refractivity contribution in [3.05, 3.63) is 58.9 Å². The van der Waals surface area contributed by atoms with Crippen LogP contribution in [0.4, 0.5) is 4.39 Å². The minimum atomic E-state index is -4.03. The largest absolute Gasteiger partial charge is 0.378 e. The monoisotopic (exact) mass is 294 g/mol. The number of hydrogen-bond acceptors (Lipinski definition) is 3. The van der Waals surface area contributed by atoms with Crippen molar-refractivity contribution in [3.63, 3.8) is 0 Å². The Bertz CT molecular complexity index is 728. The van der Waals surface area contributed by atoms with Crippen LogP contribution in [0.2, 0.25) is 0 Å². The number of hydrogen-bond donors (Lipinski definition) is 0. The van der Waals surface area contributed by atoms with Gasteiger partial charge in [-0.3, -0.25) is 0 Å². The second-order valence-electron chi connectivity index (χ2n) is 4.72. The fourth-order valence-electron chi connectivity index (χ4n) is 2.08. The Hall–Kier alpha value is -1.88. The molecule has 0 saturated heterocycles. The Morgan fingerprint density at radius 2 is 1.60 bits per heavy atom. The molecule has 0 bridgehead atoms. The topological polar surface area (TPSA) is 43.4 Å². The third kappa shape index (κ3) is 2.99. The van der Waals surface area contributed by atoms with E-state index >= 15 is 0 Å². The molecule has 20 heavy (non-hydrogen) atoms. The van der Waals surface area contributed by atoms with Crippen LogP contribution in [0.3, 0.4) is 0 Å². The summed E-state index contributed by atoms with van der Waals surface area (Å²) in [6.45, 7) is 5.47. The lowest BCUT2D eigenvalue weighted by molar-refractivity contribution is 0.481. The third-order valence-electron chi connectivity index (χ3n) is 2.88. The van der Waals surface area contributed by atoms with Crippen LogP contribution in [0.25, 0.3) is 0 Å². The van der Waals surface area contributed by atoms with Crippen molar-refractivity contribution in [2.24, 2.45) is 0 Å². The fraction of sp³-hybridized carbons (Fsp3) is 0.200. The van der Waals surface area contributed by atoms with Gasteiger partial charge in [0.15, 0.2) is 0 Å². The quantitative estimate of drug-likeness (QED) is 0.813. The third-order valence-corrected chi connectivity index (χ3v) is 4.10. The molecule has 0 N–H and O–H groups in total. The van der Waals surface area contributed by atoms with Crippen molar-refractivity contribution < 1.29 is 17.0 Å². The van der Waals surface area contributed by atoms with E-state index in [2.05, 4.69) is 0 Å². The van der Waals surface area contributed by atoms with Gasteiger partial charge in [0.2, 0.25) is 0 Å². The highest BCUT2D eigenvalue weighted by Gasteiger charge is 2.19. The van der Waals surface area contributed by atoms with Crippen molar-refractivity contribution in [1.82, 2.24) is 0 Å². The number of benzene rings is 2. The van der Waals surface area contributed by atoms with Gasteiger partial charge in [-0.2, -0.15) is 8.42 Å². The van der Waals surface area contributed by atoms with Gasteiger partial charge in [0.25, 0.3) is 0 Å². The molecule has 0 amide bonds. The summed E-state index contributed by atoms with van der Waals surface area (Å²) in [6.07, 6.45) is 0. The average molecular weight is 294 g/mol. The zero-order chi connectivity index (χ0) is 14.9. The van der Waals surface area contributed by atoms with Gasteiger partial charge in [0, 0.05) is 0 Å². The van der Waals surface area contributed by atoms with Crippen molar-refractivity contribution >= 4 is 10.1 Å². The van der Waals surface area contributed by atoms with E-state index in [-0.39, 0.29) is 4.90 Å². The molecular formula is C15H15FO3S. The lowest BCUT2D eigenvalue weighted by Crippen LogP contribution is -2.11. The van der Waals surface area contributed by atoms with E-state index in [0.29, 0.717) is 5.75 Å². The molecule has 0 aromatic heterocycles. The Balaban J connectivity index is 2.44. The highest BCUT2D eigenvalue weighted by molar-refractivity contribution is 7.87. The first kappa shape index (κ1) is 14.5. The smallest absolute Gasteiger partial charge is 0.339 e. The molecule has 0 atom stereocenters. The first-order valence-corrected chi connectivity index (χ1v) is 7.48. The highest BCUT2D eigenvalue weighted by Crippen LogP contribution is 2.28. The number of aryl methyl sites for hydroxylation is 3. The van der Waals surface area contributed by atoms with Crippen LogP contribution in [0.15, 0.2) is 41.3 Å². The maximum absolute atomic E-state index is 13.1. The number of rotatable bonds is 3. The molecule has 0 aliphatic rings. The Morgan fingerprint density at radius 1 is 1.00 bits per heavy atom. The van der Waals surface area contributed by atoms with Crippen LogP contribution in [-0.4, -0.2) is 8.42 Å². The fourth-order valence-corrected chi connectivity index (χ4v) is 3.16. The van der Waals surface area contributed by atoms with Gasteiger partial charge in [-0.1, -0.05) is 23.8 Å². The average Bonchev–Trinajstić information content (AvgIpc) is 2.34. The van der Waals surface area contributed by atoms with E-state index in [1.165, 1.54) is 18.2 Å². The first-order chi connectivity index (χ1) is 9.29. The summed E-state index contributed by atoms with van der Waals surface area (Å²) < 4.78 is 42.6. The Morgan fingerprint density at radius 3 is 2.15 bits per heavy atom. The van der Waals surface area contributed by atoms with E-state index < -0.39 is 15.9 Å². The molecule has 0 heterocycles. The summed E-state index contributed by atoms with van der Waals surface area (Å²) in [7, 11) is -4.03. The molecule has 0 unspecified atom stereocenters. The lowest BCUT2D eigenvalue weighted by Gasteiger charge is -2.13. The van der Waals surface area contributed by atoms with Gasteiger partial charge < -0.3 is 4.18 Å². The van der Waals surface area contributed by atoms with Gasteiger partial charge in [0.1, 0.15) is 16.5 Å². The molecule has 2 rings (SSSR count). The van der Waals surface area contributed by atoms with Gasteiger partial charge >= 0.3 is 10.1 Å². The molecule has 2 aromatic rings. The second-order valence-corrected chi connectivity index (χ2v) is 6.27. The van der Waals surface area contributed by atoms with Crippen LogP contribution in [0.5, 0.6) is 5.75 Å². The van der Waals surface area contributed by atoms with Crippen molar-refractivity contribution in [1.29, 1.82) is 0 Å². The lowest BCUT2D eigenvalue weighted by atomic mass is 10.1.